The van der Waals surface area contributed by atoms with Crippen LogP contribution in [0.5, 0.6) is 0 Å². The smallest absolute Gasteiger partial charge is 0.191 e. The van der Waals surface area contributed by atoms with Crippen LogP contribution < -0.4 is 5.73 Å². The molecule has 0 saturated heterocycles. The lowest BCUT2D eigenvalue weighted by Gasteiger charge is -2.11. The predicted octanol–water partition coefficient (Wildman–Crippen LogP) is 1.65. The number of rotatable bonds is 7. The zero-order valence-corrected chi connectivity index (χ0v) is 12.7. The monoisotopic (exact) mass is 304 g/mol. The van der Waals surface area contributed by atoms with Crippen LogP contribution in [0.1, 0.15) is 24.2 Å². The molecule has 21 heavy (non-hydrogen) atoms. The second-order valence-corrected chi connectivity index (χ2v) is 6.38. The van der Waals surface area contributed by atoms with E-state index in [4.69, 9.17) is 5.73 Å². The third-order valence-electron chi connectivity index (χ3n) is 3.71. The van der Waals surface area contributed by atoms with Crippen LogP contribution in [0.4, 0.5) is 0 Å². The maximum absolute atomic E-state index is 9.99. The summed E-state index contributed by atoms with van der Waals surface area (Å²) in [6.07, 6.45) is 2.05. The first-order valence-electron chi connectivity index (χ1n) is 7.25. The van der Waals surface area contributed by atoms with Gasteiger partial charge in [0, 0.05) is 5.75 Å². The molecule has 0 amide bonds. The lowest BCUT2D eigenvalue weighted by molar-refractivity contribution is 0.176. The third kappa shape index (κ3) is 3.64. The van der Waals surface area contributed by atoms with Crippen LogP contribution in [0.2, 0.25) is 0 Å². The summed E-state index contributed by atoms with van der Waals surface area (Å²) >= 11 is 1.56. The number of benzene rings is 1. The average Bonchev–Trinajstić information content (AvgIpc) is 3.29. The fourth-order valence-electron chi connectivity index (χ4n) is 2.28. The second-order valence-electron chi connectivity index (χ2n) is 5.39. The molecule has 5 nitrogen and oxygen atoms in total. The average molecular weight is 304 g/mol. The summed E-state index contributed by atoms with van der Waals surface area (Å²) in [5, 5.41) is 19.2. The number of nitrogens with zero attached hydrogens (tertiary/aromatic N) is 3. The fourth-order valence-corrected chi connectivity index (χ4v) is 3.29. The number of nitrogens with two attached hydrogens (primary N) is 1. The van der Waals surface area contributed by atoms with E-state index in [0.29, 0.717) is 24.8 Å². The van der Waals surface area contributed by atoms with Crippen LogP contribution in [0.3, 0.4) is 0 Å². The number of hydrogen-bond donors (Lipinski definition) is 2. The van der Waals surface area contributed by atoms with Gasteiger partial charge in [-0.3, -0.25) is 0 Å². The van der Waals surface area contributed by atoms with Crippen molar-refractivity contribution in [3.63, 3.8) is 0 Å². The van der Waals surface area contributed by atoms with Gasteiger partial charge in [0.25, 0.3) is 0 Å². The van der Waals surface area contributed by atoms with Gasteiger partial charge < -0.3 is 15.4 Å². The van der Waals surface area contributed by atoms with E-state index in [2.05, 4.69) is 22.3 Å². The Morgan fingerprint density at radius 1 is 1.29 bits per heavy atom. The van der Waals surface area contributed by atoms with Gasteiger partial charge in [-0.15, -0.1) is 10.2 Å². The van der Waals surface area contributed by atoms with Crippen molar-refractivity contribution in [2.45, 2.75) is 37.2 Å². The molecule has 1 aliphatic rings. The van der Waals surface area contributed by atoms with E-state index < -0.39 is 0 Å². The van der Waals surface area contributed by atoms with Crippen molar-refractivity contribution in [1.82, 2.24) is 14.8 Å². The minimum Gasteiger partial charge on any atom is -0.392 e. The van der Waals surface area contributed by atoms with Gasteiger partial charge in [-0.2, -0.15) is 0 Å². The first-order chi connectivity index (χ1) is 10.3. The van der Waals surface area contributed by atoms with Gasteiger partial charge in [0.2, 0.25) is 0 Å². The minimum atomic E-state index is -0.238. The molecule has 2 aromatic rings. The Bertz CT molecular complexity index is 583. The van der Waals surface area contributed by atoms with E-state index >= 15 is 0 Å². The van der Waals surface area contributed by atoms with E-state index in [1.807, 2.05) is 22.8 Å². The standard InChI is InChI=1S/C15H20N4OS/c16-8-14-17-18-15(21-10-13(20)12-6-7-12)19(14)9-11-4-2-1-3-5-11/h1-5,12-13,20H,6-10,16H2/t13-/m1/s1. The van der Waals surface area contributed by atoms with Gasteiger partial charge in [-0.05, 0) is 24.3 Å². The van der Waals surface area contributed by atoms with Crippen LogP contribution in [-0.4, -0.2) is 31.7 Å². The second kappa shape index (κ2) is 6.60. The summed E-state index contributed by atoms with van der Waals surface area (Å²) in [7, 11) is 0. The lowest BCUT2D eigenvalue weighted by Crippen LogP contribution is -2.14. The van der Waals surface area contributed by atoms with Crippen molar-refractivity contribution < 1.29 is 5.11 Å². The molecule has 1 aromatic heterocycles. The summed E-state index contributed by atoms with van der Waals surface area (Å²) in [4.78, 5) is 0. The summed E-state index contributed by atoms with van der Waals surface area (Å²) in [5.41, 5.74) is 6.94. The highest BCUT2D eigenvalue weighted by Gasteiger charge is 2.30. The SMILES string of the molecule is NCc1nnc(SC[C@@H](O)C2CC2)n1Cc1ccccc1. The molecule has 3 rings (SSSR count). The number of hydrogen-bond acceptors (Lipinski definition) is 5. The van der Waals surface area contributed by atoms with Crippen molar-refractivity contribution in [1.29, 1.82) is 0 Å². The number of aliphatic hydroxyl groups excluding tert-OH is 1. The van der Waals surface area contributed by atoms with Crippen molar-refractivity contribution >= 4 is 11.8 Å². The van der Waals surface area contributed by atoms with Crippen LogP contribution in [-0.2, 0) is 13.1 Å². The van der Waals surface area contributed by atoms with Gasteiger partial charge in [-0.25, -0.2) is 0 Å². The molecule has 0 aliphatic heterocycles. The number of aliphatic hydroxyl groups is 1. The first-order valence-corrected chi connectivity index (χ1v) is 8.23. The molecule has 0 radical (unpaired) electrons. The van der Waals surface area contributed by atoms with Crippen molar-refractivity contribution in [3.05, 3.63) is 41.7 Å². The van der Waals surface area contributed by atoms with Crippen molar-refractivity contribution in [2.24, 2.45) is 11.7 Å². The van der Waals surface area contributed by atoms with Crippen molar-refractivity contribution in [2.75, 3.05) is 5.75 Å². The molecule has 1 atom stereocenters. The molecule has 1 heterocycles. The lowest BCUT2D eigenvalue weighted by atomic mass is 10.2. The molecular weight excluding hydrogens is 284 g/mol. The Morgan fingerprint density at radius 3 is 2.71 bits per heavy atom. The summed E-state index contributed by atoms with van der Waals surface area (Å²) in [6, 6.07) is 10.2. The molecule has 3 N–H and O–H groups in total. The quantitative estimate of drug-likeness (QED) is 0.761. The van der Waals surface area contributed by atoms with Crippen LogP contribution in [0, 0.1) is 5.92 Å². The summed E-state index contributed by atoms with van der Waals surface area (Å²) in [5.74, 6) is 1.93. The molecule has 6 heteroatoms. The normalized spacial score (nSPS) is 16.1. The van der Waals surface area contributed by atoms with Gasteiger partial charge >= 0.3 is 0 Å². The highest BCUT2D eigenvalue weighted by Crippen LogP contribution is 2.34. The Kier molecular flexibility index (Phi) is 4.57. The van der Waals surface area contributed by atoms with Crippen LogP contribution in [0.25, 0.3) is 0 Å². The van der Waals surface area contributed by atoms with E-state index in [1.165, 1.54) is 5.56 Å². The molecule has 1 aromatic carbocycles. The Balaban J connectivity index is 1.72. The Labute approximate surface area is 128 Å². The largest absolute Gasteiger partial charge is 0.392 e. The Morgan fingerprint density at radius 2 is 2.05 bits per heavy atom. The minimum absolute atomic E-state index is 0.238. The van der Waals surface area contributed by atoms with Gasteiger partial charge in [0.1, 0.15) is 5.82 Å². The maximum atomic E-state index is 9.99. The highest BCUT2D eigenvalue weighted by atomic mass is 32.2. The van der Waals surface area contributed by atoms with E-state index in [-0.39, 0.29) is 6.10 Å². The molecule has 112 valence electrons. The number of thioether (sulfide) groups is 1. The van der Waals surface area contributed by atoms with E-state index in [9.17, 15) is 5.11 Å². The maximum Gasteiger partial charge on any atom is 0.191 e. The van der Waals surface area contributed by atoms with Crippen LogP contribution >= 0.6 is 11.8 Å². The molecule has 1 fully saturated rings. The van der Waals surface area contributed by atoms with E-state index in [1.54, 1.807) is 11.8 Å². The number of aromatic nitrogens is 3. The molecule has 0 unspecified atom stereocenters. The highest BCUT2D eigenvalue weighted by molar-refractivity contribution is 7.99. The van der Waals surface area contributed by atoms with Crippen LogP contribution in [0.15, 0.2) is 35.5 Å². The fraction of sp³-hybridized carbons (Fsp3) is 0.467. The first kappa shape index (κ1) is 14.6. The topological polar surface area (TPSA) is 77.0 Å². The molecule has 0 bridgehead atoms. The summed E-state index contributed by atoms with van der Waals surface area (Å²) < 4.78 is 2.04. The van der Waals surface area contributed by atoms with Gasteiger partial charge in [-0.1, -0.05) is 42.1 Å². The predicted molar refractivity (Wildman–Crippen MR) is 82.9 cm³/mol. The Hall–Kier alpha value is -1.37. The zero-order valence-electron chi connectivity index (χ0n) is 11.9. The van der Waals surface area contributed by atoms with Crippen molar-refractivity contribution in [3.8, 4) is 0 Å². The molecule has 1 aliphatic carbocycles. The van der Waals surface area contributed by atoms with Gasteiger partial charge in [0.05, 0.1) is 19.2 Å². The zero-order chi connectivity index (χ0) is 14.7. The van der Waals surface area contributed by atoms with E-state index in [0.717, 1.165) is 23.8 Å². The molecule has 0 spiro atoms. The van der Waals surface area contributed by atoms with Gasteiger partial charge in [0.15, 0.2) is 5.16 Å². The molecular formula is C15H20N4OS. The third-order valence-corrected chi connectivity index (χ3v) is 4.78. The summed E-state index contributed by atoms with van der Waals surface area (Å²) in [6.45, 7) is 1.08. The molecule has 1 saturated carbocycles.